The lowest BCUT2D eigenvalue weighted by Crippen LogP contribution is -2.47. The van der Waals surface area contributed by atoms with Crippen LogP contribution in [0.4, 0.5) is 4.79 Å². The van der Waals surface area contributed by atoms with Gasteiger partial charge in [-0.2, -0.15) is 0 Å². The maximum atomic E-state index is 11.3. The Morgan fingerprint density at radius 1 is 1.41 bits per heavy atom. The Hall–Kier alpha value is -0.740. The highest BCUT2D eigenvalue weighted by Gasteiger charge is 2.38. The summed E-state index contributed by atoms with van der Waals surface area (Å²) in [5, 5.41) is 2.87. The molecule has 1 aromatic rings. The molecular weight excluding hydrogens is 305 g/mol. The monoisotopic (exact) mass is 319 g/mol. The average Bonchev–Trinajstić information content (AvgIpc) is 2.23. The highest BCUT2D eigenvalue weighted by molar-refractivity contribution is 9.10. The van der Waals surface area contributed by atoms with Crippen LogP contribution in [0.2, 0.25) is 0 Å². The van der Waals surface area contributed by atoms with Crippen molar-refractivity contribution in [3.8, 4) is 0 Å². The summed E-state index contributed by atoms with van der Waals surface area (Å²) >= 11 is 3.51. The van der Waals surface area contributed by atoms with Crippen molar-refractivity contribution in [3.05, 3.63) is 34.3 Å². The van der Waals surface area contributed by atoms with E-state index in [2.05, 4.69) is 35.1 Å². The van der Waals surface area contributed by atoms with Gasteiger partial charge < -0.3 is 10.1 Å². The minimum absolute atomic E-state index is 0. The van der Waals surface area contributed by atoms with Crippen molar-refractivity contribution >= 4 is 34.4 Å². The fourth-order valence-electron chi connectivity index (χ4n) is 1.90. The molecule has 1 saturated heterocycles. The van der Waals surface area contributed by atoms with E-state index in [9.17, 15) is 4.79 Å². The third kappa shape index (κ3) is 2.93. The predicted molar refractivity (Wildman–Crippen MR) is 72.4 cm³/mol. The molecule has 0 spiro atoms. The Bertz CT molecular complexity index is 423. The normalized spacial score (nSPS) is 22.1. The van der Waals surface area contributed by atoms with Crippen molar-refractivity contribution in [2.45, 2.75) is 19.9 Å². The fraction of sp³-hybridized carbons (Fsp3) is 0.417. The lowest BCUT2D eigenvalue weighted by Gasteiger charge is -2.38. The summed E-state index contributed by atoms with van der Waals surface area (Å²) in [6.45, 7) is 4.60. The van der Waals surface area contributed by atoms with Crippen molar-refractivity contribution in [1.29, 1.82) is 0 Å². The van der Waals surface area contributed by atoms with E-state index in [4.69, 9.17) is 4.74 Å². The summed E-state index contributed by atoms with van der Waals surface area (Å²) in [7, 11) is 0. The quantitative estimate of drug-likeness (QED) is 0.857. The van der Waals surface area contributed by atoms with Gasteiger partial charge in [-0.25, -0.2) is 4.79 Å². The zero-order valence-electron chi connectivity index (χ0n) is 9.70. The van der Waals surface area contributed by atoms with Crippen LogP contribution in [0.15, 0.2) is 28.7 Å². The molecule has 0 aromatic heterocycles. The van der Waals surface area contributed by atoms with E-state index in [1.54, 1.807) is 0 Å². The first-order valence-corrected chi connectivity index (χ1v) is 5.98. The van der Waals surface area contributed by atoms with Gasteiger partial charge in [0.1, 0.15) is 6.61 Å². The van der Waals surface area contributed by atoms with Gasteiger partial charge in [-0.1, -0.05) is 48.0 Å². The molecule has 0 aliphatic carbocycles. The molecule has 1 heterocycles. The number of halogens is 2. The van der Waals surface area contributed by atoms with Gasteiger partial charge in [-0.05, 0) is 11.6 Å². The van der Waals surface area contributed by atoms with Gasteiger partial charge in [-0.3, -0.25) is 0 Å². The van der Waals surface area contributed by atoms with Gasteiger partial charge in [0, 0.05) is 9.89 Å². The van der Waals surface area contributed by atoms with Crippen LogP contribution in [-0.2, 0) is 4.74 Å². The molecule has 0 unspecified atom stereocenters. The number of cyclic esters (lactones) is 1. The van der Waals surface area contributed by atoms with Crippen LogP contribution in [0.25, 0.3) is 0 Å². The average molecular weight is 321 g/mol. The number of amides is 1. The summed E-state index contributed by atoms with van der Waals surface area (Å²) in [6.07, 6.45) is -0.347. The molecular formula is C12H15BrClNO2. The smallest absolute Gasteiger partial charge is 0.407 e. The van der Waals surface area contributed by atoms with E-state index >= 15 is 0 Å². The van der Waals surface area contributed by atoms with E-state index in [-0.39, 0.29) is 30.0 Å². The van der Waals surface area contributed by atoms with E-state index < -0.39 is 0 Å². The molecule has 5 heteroatoms. The number of ether oxygens (including phenoxy) is 1. The Kier molecular flexibility index (Phi) is 4.44. The molecule has 0 bridgehead atoms. The summed E-state index contributed by atoms with van der Waals surface area (Å²) in [6, 6.07) is 7.90. The summed E-state index contributed by atoms with van der Waals surface area (Å²) in [4.78, 5) is 11.3. The van der Waals surface area contributed by atoms with Crippen LogP contribution in [0.3, 0.4) is 0 Å². The van der Waals surface area contributed by atoms with Crippen LogP contribution in [0.5, 0.6) is 0 Å². The van der Waals surface area contributed by atoms with Crippen molar-refractivity contribution in [2.24, 2.45) is 5.41 Å². The summed E-state index contributed by atoms with van der Waals surface area (Å²) in [5.41, 5.74) is 0.974. The third-order valence-electron chi connectivity index (χ3n) is 2.84. The van der Waals surface area contributed by atoms with Crippen molar-refractivity contribution in [3.63, 3.8) is 0 Å². The van der Waals surface area contributed by atoms with E-state index in [1.165, 1.54) is 0 Å². The highest BCUT2D eigenvalue weighted by Crippen LogP contribution is 2.38. The number of alkyl carbamates (subject to hydrolysis) is 1. The number of hydrogen-bond donors (Lipinski definition) is 1. The minimum atomic E-state index is -0.347. The zero-order chi connectivity index (χ0) is 11.8. The van der Waals surface area contributed by atoms with Gasteiger partial charge in [0.05, 0.1) is 6.04 Å². The molecule has 1 atom stereocenters. The molecule has 94 valence electrons. The van der Waals surface area contributed by atoms with Crippen molar-refractivity contribution < 1.29 is 9.53 Å². The largest absolute Gasteiger partial charge is 0.449 e. The molecule has 0 radical (unpaired) electrons. The number of rotatable bonds is 1. The number of hydrogen-bond acceptors (Lipinski definition) is 2. The second-order valence-corrected chi connectivity index (χ2v) is 5.52. The van der Waals surface area contributed by atoms with Gasteiger partial charge in [0.2, 0.25) is 0 Å². The second-order valence-electron chi connectivity index (χ2n) is 4.66. The topological polar surface area (TPSA) is 38.3 Å². The summed E-state index contributed by atoms with van der Waals surface area (Å²) < 4.78 is 6.03. The van der Waals surface area contributed by atoms with Crippen LogP contribution in [-0.4, -0.2) is 12.7 Å². The lowest BCUT2D eigenvalue weighted by molar-refractivity contribution is 0.0385. The molecule has 1 amide bonds. The van der Waals surface area contributed by atoms with Gasteiger partial charge in [0.15, 0.2) is 0 Å². The maximum Gasteiger partial charge on any atom is 0.407 e. The number of carbonyl (C=O) groups is 1. The lowest BCUT2D eigenvalue weighted by atomic mass is 9.80. The predicted octanol–water partition coefficient (Wildman–Crippen LogP) is 3.68. The second kappa shape index (κ2) is 5.27. The zero-order valence-corrected chi connectivity index (χ0v) is 12.1. The fourth-order valence-corrected chi connectivity index (χ4v) is 2.41. The third-order valence-corrected chi connectivity index (χ3v) is 3.56. The molecule has 1 fully saturated rings. The number of carbonyl (C=O) groups excluding carboxylic acids is 1. The van der Waals surface area contributed by atoms with E-state index in [0.29, 0.717) is 6.61 Å². The van der Waals surface area contributed by atoms with E-state index in [1.807, 2.05) is 24.3 Å². The maximum absolute atomic E-state index is 11.3. The first-order valence-electron chi connectivity index (χ1n) is 5.18. The standard InChI is InChI=1S/C12H14BrNO2.ClH/c1-12(2)7-16-11(15)14-10(12)8-5-3-4-6-9(8)13;/h3-6,10H,7H2,1-2H3,(H,14,15);1H/t10-;/m1./s1. The van der Waals surface area contributed by atoms with Gasteiger partial charge in [-0.15, -0.1) is 12.4 Å². The summed E-state index contributed by atoms with van der Waals surface area (Å²) in [5.74, 6) is 0. The van der Waals surface area contributed by atoms with Crippen LogP contribution in [0.1, 0.15) is 25.5 Å². The highest BCUT2D eigenvalue weighted by atomic mass is 79.9. The molecule has 1 aromatic carbocycles. The minimum Gasteiger partial charge on any atom is -0.449 e. The Balaban J connectivity index is 0.00000144. The van der Waals surface area contributed by atoms with Gasteiger partial charge in [0.25, 0.3) is 0 Å². The van der Waals surface area contributed by atoms with Crippen molar-refractivity contribution in [2.75, 3.05) is 6.61 Å². The van der Waals surface area contributed by atoms with Gasteiger partial charge >= 0.3 is 6.09 Å². The van der Waals surface area contributed by atoms with Crippen molar-refractivity contribution in [1.82, 2.24) is 5.32 Å². The molecule has 1 N–H and O–H groups in total. The van der Waals surface area contributed by atoms with E-state index in [0.717, 1.165) is 10.0 Å². The SMILES string of the molecule is CC1(C)COC(=O)N[C@@H]1c1ccccc1Br.Cl. The molecule has 17 heavy (non-hydrogen) atoms. The number of nitrogens with one attached hydrogen (secondary N) is 1. The number of benzene rings is 1. The Morgan fingerprint density at radius 2 is 2.06 bits per heavy atom. The van der Waals surface area contributed by atoms with Crippen LogP contribution >= 0.6 is 28.3 Å². The van der Waals surface area contributed by atoms with Crippen LogP contribution in [0, 0.1) is 5.41 Å². The Morgan fingerprint density at radius 3 is 2.71 bits per heavy atom. The first kappa shape index (κ1) is 14.3. The van der Waals surface area contributed by atoms with Crippen LogP contribution < -0.4 is 5.32 Å². The first-order chi connectivity index (χ1) is 7.50. The molecule has 3 nitrogen and oxygen atoms in total. The molecule has 2 rings (SSSR count). The molecule has 0 saturated carbocycles. The Labute approximate surface area is 115 Å². The molecule has 1 aliphatic heterocycles. The molecule has 1 aliphatic rings.